The Labute approximate surface area is 185 Å². The zero-order valence-corrected chi connectivity index (χ0v) is 19.2. The third-order valence-corrected chi connectivity index (χ3v) is 5.93. The molecule has 0 saturated heterocycles. The molecule has 0 radical (unpaired) electrons. The molecule has 1 atom stereocenters. The fourth-order valence-electron chi connectivity index (χ4n) is 3.56. The lowest BCUT2D eigenvalue weighted by molar-refractivity contribution is 0.102. The number of aryl methyl sites for hydroxylation is 1. The number of rotatable bonds is 9. The van der Waals surface area contributed by atoms with Crippen LogP contribution in [-0.4, -0.2) is 52.1 Å². The number of aromatic amines is 1. The zero-order valence-electron chi connectivity index (χ0n) is 17.7. The van der Waals surface area contributed by atoms with Gasteiger partial charge in [-0.05, 0) is 45.0 Å². The molecule has 7 nitrogen and oxygen atoms in total. The molecule has 1 aromatic carbocycles. The fraction of sp³-hybridized carbons (Fsp3) is 0.381. The minimum atomic E-state index is 0.0376. The highest BCUT2D eigenvalue weighted by atomic mass is 35.5. The van der Waals surface area contributed by atoms with Crippen LogP contribution in [0.15, 0.2) is 29.4 Å². The van der Waals surface area contributed by atoms with Gasteiger partial charge < -0.3 is 14.0 Å². The molecular weight excluding hydrogens is 424 g/mol. The number of hydrogen-bond donors (Lipinski definition) is 1. The van der Waals surface area contributed by atoms with E-state index in [2.05, 4.69) is 26.7 Å². The number of hydrogen-bond acceptors (Lipinski definition) is 6. The van der Waals surface area contributed by atoms with Gasteiger partial charge >= 0.3 is 0 Å². The summed E-state index contributed by atoms with van der Waals surface area (Å²) in [6.07, 6.45) is 0. The van der Waals surface area contributed by atoms with Crippen LogP contribution in [0.2, 0.25) is 5.02 Å². The molecule has 3 rings (SSSR count). The fourth-order valence-corrected chi connectivity index (χ4v) is 4.41. The van der Waals surface area contributed by atoms with E-state index in [0.717, 1.165) is 17.0 Å². The third kappa shape index (κ3) is 4.71. The molecule has 0 spiro atoms. The van der Waals surface area contributed by atoms with Gasteiger partial charge in [0.1, 0.15) is 5.75 Å². The molecule has 0 saturated carbocycles. The van der Waals surface area contributed by atoms with Crippen LogP contribution in [0, 0.1) is 13.8 Å². The highest BCUT2D eigenvalue weighted by Gasteiger charge is 2.20. The lowest BCUT2D eigenvalue weighted by Crippen LogP contribution is -2.14. The summed E-state index contributed by atoms with van der Waals surface area (Å²) >= 11 is 7.38. The van der Waals surface area contributed by atoms with E-state index in [-0.39, 0.29) is 17.6 Å². The lowest BCUT2D eigenvalue weighted by atomic mass is 10.2. The second-order valence-electron chi connectivity index (χ2n) is 6.98. The van der Waals surface area contributed by atoms with Crippen LogP contribution in [0.1, 0.15) is 34.7 Å². The van der Waals surface area contributed by atoms with Gasteiger partial charge in [0.25, 0.3) is 0 Å². The van der Waals surface area contributed by atoms with Crippen molar-refractivity contribution in [3.8, 4) is 17.1 Å². The molecule has 3 aromatic rings. The van der Waals surface area contributed by atoms with Crippen LogP contribution in [-0.2, 0) is 4.74 Å². The first-order chi connectivity index (χ1) is 14.3. The molecule has 9 heteroatoms. The SMILES string of the molecule is COC[C@@H](C)n1c(C)cc(C(=O)CSc2n[nH]c(-c3cc(Cl)ccc3OC)n2)c1C. The number of ketones is 1. The van der Waals surface area contributed by atoms with Gasteiger partial charge in [-0.1, -0.05) is 23.4 Å². The summed E-state index contributed by atoms with van der Waals surface area (Å²) in [5, 5.41) is 8.17. The first kappa shape index (κ1) is 22.4. The second-order valence-corrected chi connectivity index (χ2v) is 8.36. The van der Waals surface area contributed by atoms with Crippen LogP contribution in [0.3, 0.4) is 0 Å². The predicted molar refractivity (Wildman–Crippen MR) is 119 cm³/mol. The van der Waals surface area contributed by atoms with Crippen molar-refractivity contribution in [3.05, 3.63) is 46.2 Å². The van der Waals surface area contributed by atoms with Gasteiger partial charge in [-0.25, -0.2) is 4.98 Å². The van der Waals surface area contributed by atoms with Crippen molar-refractivity contribution in [1.29, 1.82) is 0 Å². The zero-order chi connectivity index (χ0) is 21.8. The van der Waals surface area contributed by atoms with Crippen molar-refractivity contribution in [2.24, 2.45) is 0 Å². The van der Waals surface area contributed by atoms with Crippen molar-refractivity contribution < 1.29 is 14.3 Å². The summed E-state index contributed by atoms with van der Waals surface area (Å²) in [6.45, 7) is 6.63. The first-order valence-corrected chi connectivity index (χ1v) is 10.8. The number of H-pyrrole nitrogens is 1. The number of thioether (sulfide) groups is 1. The summed E-state index contributed by atoms with van der Waals surface area (Å²) in [7, 11) is 3.26. The van der Waals surface area contributed by atoms with Gasteiger partial charge in [-0.3, -0.25) is 9.89 Å². The van der Waals surface area contributed by atoms with Crippen molar-refractivity contribution in [3.63, 3.8) is 0 Å². The van der Waals surface area contributed by atoms with E-state index >= 15 is 0 Å². The molecule has 160 valence electrons. The number of Topliss-reactive ketones (excluding diaryl/α,β-unsaturated/α-hetero) is 1. The van der Waals surface area contributed by atoms with Crippen molar-refractivity contribution in [2.45, 2.75) is 32.0 Å². The molecule has 1 N–H and O–H groups in total. The van der Waals surface area contributed by atoms with Gasteiger partial charge in [0.15, 0.2) is 11.6 Å². The van der Waals surface area contributed by atoms with Crippen LogP contribution in [0.5, 0.6) is 5.75 Å². The number of ether oxygens (including phenoxy) is 2. The largest absolute Gasteiger partial charge is 0.496 e. The van der Waals surface area contributed by atoms with Crippen LogP contribution >= 0.6 is 23.4 Å². The van der Waals surface area contributed by atoms with E-state index in [1.165, 1.54) is 11.8 Å². The number of aromatic nitrogens is 4. The number of nitrogens with zero attached hydrogens (tertiary/aromatic N) is 3. The minimum absolute atomic E-state index is 0.0376. The average Bonchev–Trinajstić information content (AvgIpc) is 3.30. The number of methoxy groups -OCH3 is 2. The molecule has 0 aliphatic carbocycles. The van der Waals surface area contributed by atoms with Crippen molar-refractivity contribution >= 4 is 29.1 Å². The third-order valence-electron chi connectivity index (χ3n) is 4.85. The molecule has 2 aromatic heterocycles. The maximum Gasteiger partial charge on any atom is 0.209 e. The Balaban J connectivity index is 1.73. The predicted octanol–water partition coefficient (Wildman–Crippen LogP) is 4.73. The molecule has 0 amide bonds. The maximum atomic E-state index is 12.8. The molecule has 2 heterocycles. The highest BCUT2D eigenvalue weighted by molar-refractivity contribution is 7.99. The van der Waals surface area contributed by atoms with Gasteiger partial charge in [0, 0.05) is 29.1 Å². The van der Waals surface area contributed by atoms with E-state index in [1.54, 1.807) is 32.4 Å². The lowest BCUT2D eigenvalue weighted by Gasteiger charge is -2.17. The quantitative estimate of drug-likeness (QED) is 0.376. The van der Waals surface area contributed by atoms with Crippen LogP contribution in [0.25, 0.3) is 11.4 Å². The second kappa shape index (κ2) is 9.68. The average molecular weight is 449 g/mol. The van der Waals surface area contributed by atoms with Crippen molar-refractivity contribution in [2.75, 3.05) is 26.6 Å². The Bertz CT molecular complexity index is 1050. The number of carbonyl (C=O) groups excluding carboxylic acids is 1. The van der Waals surface area contributed by atoms with Crippen LogP contribution < -0.4 is 4.74 Å². The number of halogens is 1. The summed E-state index contributed by atoms with van der Waals surface area (Å²) < 4.78 is 12.8. The Kier molecular flexibility index (Phi) is 7.23. The topological polar surface area (TPSA) is 82.0 Å². The van der Waals surface area contributed by atoms with Crippen LogP contribution in [0.4, 0.5) is 0 Å². The Morgan fingerprint density at radius 2 is 2.07 bits per heavy atom. The summed E-state index contributed by atoms with van der Waals surface area (Å²) in [4.78, 5) is 17.3. The monoisotopic (exact) mass is 448 g/mol. The standard InChI is InChI=1S/C21H25ClN4O3S/c1-12-8-16(14(3)26(12)13(2)10-28-4)18(27)11-30-21-23-20(24-25-21)17-9-15(22)6-7-19(17)29-5/h6-9,13H,10-11H2,1-5H3,(H,23,24,25)/t13-/m1/s1. The molecule has 0 aliphatic rings. The van der Waals surface area contributed by atoms with E-state index in [0.29, 0.717) is 33.9 Å². The van der Waals surface area contributed by atoms with Gasteiger partial charge in [0.2, 0.25) is 5.16 Å². The molecule has 0 bridgehead atoms. The van der Waals surface area contributed by atoms with E-state index in [9.17, 15) is 4.79 Å². The number of carbonyl (C=O) groups is 1. The molecule has 30 heavy (non-hydrogen) atoms. The molecule has 0 fully saturated rings. The van der Waals surface area contributed by atoms with Gasteiger partial charge in [-0.15, -0.1) is 5.10 Å². The first-order valence-electron chi connectivity index (χ1n) is 9.45. The molecule has 0 aliphatic heterocycles. The summed E-state index contributed by atoms with van der Waals surface area (Å²) in [5.41, 5.74) is 3.42. The Morgan fingerprint density at radius 3 is 2.77 bits per heavy atom. The molecular formula is C21H25ClN4O3S. The summed E-state index contributed by atoms with van der Waals surface area (Å²) in [6, 6.07) is 7.38. The normalized spacial score (nSPS) is 12.2. The molecule has 0 unspecified atom stereocenters. The number of benzene rings is 1. The van der Waals surface area contributed by atoms with Gasteiger partial charge in [-0.2, -0.15) is 0 Å². The Morgan fingerprint density at radius 1 is 1.30 bits per heavy atom. The van der Waals surface area contributed by atoms with E-state index < -0.39 is 0 Å². The highest BCUT2D eigenvalue weighted by Crippen LogP contribution is 2.31. The number of nitrogens with one attached hydrogen (secondary N) is 1. The van der Waals surface area contributed by atoms with E-state index in [4.69, 9.17) is 21.1 Å². The summed E-state index contributed by atoms with van der Waals surface area (Å²) in [5.74, 6) is 1.46. The maximum absolute atomic E-state index is 12.8. The van der Waals surface area contributed by atoms with Gasteiger partial charge in [0.05, 0.1) is 31.1 Å². The minimum Gasteiger partial charge on any atom is -0.496 e. The van der Waals surface area contributed by atoms with E-state index in [1.807, 2.05) is 19.9 Å². The smallest absolute Gasteiger partial charge is 0.209 e. The van der Waals surface area contributed by atoms with Crippen molar-refractivity contribution in [1.82, 2.24) is 19.7 Å². The Hall–Kier alpha value is -2.29.